The molecule has 1 saturated heterocycles. The number of nitrogens with zero attached hydrogens (tertiary/aromatic N) is 1. The number of carbonyl (C=O) groups is 3. The zero-order valence-electron chi connectivity index (χ0n) is 15.3. The van der Waals surface area contributed by atoms with Crippen LogP contribution < -0.4 is 15.6 Å². The zero-order chi connectivity index (χ0) is 20.8. The highest BCUT2D eigenvalue weighted by atomic mass is 32.2. The number of methoxy groups -OCH3 is 1. The first kappa shape index (κ1) is 21.0. The van der Waals surface area contributed by atoms with Crippen LogP contribution in [0.3, 0.4) is 0 Å². The highest BCUT2D eigenvalue weighted by Crippen LogP contribution is 2.33. The molecule has 1 fully saturated rings. The number of hydrazine groups is 1. The van der Waals surface area contributed by atoms with Gasteiger partial charge in [0.1, 0.15) is 10.1 Å². The molecule has 0 radical (unpaired) electrons. The van der Waals surface area contributed by atoms with Crippen LogP contribution in [0.15, 0.2) is 46.7 Å². The van der Waals surface area contributed by atoms with Crippen LogP contribution in [0.4, 0.5) is 0 Å². The number of para-hydroxylation sites is 1. The molecular formula is C19H17N3O4S3. The van der Waals surface area contributed by atoms with E-state index in [2.05, 4.69) is 10.9 Å². The number of thiophene rings is 1. The van der Waals surface area contributed by atoms with Crippen LogP contribution in [-0.2, 0) is 9.59 Å². The molecule has 2 N–H and O–H groups in total. The normalized spacial score (nSPS) is 14.9. The fourth-order valence-corrected chi connectivity index (χ4v) is 4.53. The third kappa shape index (κ3) is 5.22. The van der Waals surface area contributed by atoms with Crippen molar-refractivity contribution in [1.82, 2.24) is 15.8 Å². The van der Waals surface area contributed by atoms with Crippen LogP contribution in [0.25, 0.3) is 6.08 Å². The molecular weight excluding hydrogens is 430 g/mol. The summed E-state index contributed by atoms with van der Waals surface area (Å²) < 4.78 is 5.53. The minimum absolute atomic E-state index is 0.00900. The lowest BCUT2D eigenvalue weighted by Crippen LogP contribution is -2.43. The summed E-state index contributed by atoms with van der Waals surface area (Å²) in [6.07, 6.45) is 1.78. The lowest BCUT2D eigenvalue weighted by atomic mass is 10.2. The predicted octanol–water partition coefficient (Wildman–Crippen LogP) is 2.81. The van der Waals surface area contributed by atoms with Crippen LogP contribution in [0.2, 0.25) is 0 Å². The molecule has 0 unspecified atom stereocenters. The summed E-state index contributed by atoms with van der Waals surface area (Å²) >= 11 is 7.99. The van der Waals surface area contributed by atoms with Crippen LogP contribution in [0, 0.1) is 0 Å². The average molecular weight is 448 g/mol. The fourth-order valence-electron chi connectivity index (χ4n) is 2.50. The van der Waals surface area contributed by atoms with E-state index in [0.717, 1.165) is 4.88 Å². The minimum Gasteiger partial charge on any atom is -0.496 e. The van der Waals surface area contributed by atoms with Gasteiger partial charge >= 0.3 is 0 Å². The number of hydrogen-bond acceptors (Lipinski definition) is 7. The number of hydrogen-bond donors (Lipinski definition) is 2. The van der Waals surface area contributed by atoms with Crippen molar-refractivity contribution in [2.75, 3.05) is 13.7 Å². The van der Waals surface area contributed by atoms with E-state index in [1.54, 1.807) is 30.3 Å². The number of thioether (sulfide) groups is 1. The van der Waals surface area contributed by atoms with Crippen molar-refractivity contribution in [3.63, 3.8) is 0 Å². The summed E-state index contributed by atoms with van der Waals surface area (Å²) in [5.41, 5.74) is 4.98. The predicted molar refractivity (Wildman–Crippen MR) is 117 cm³/mol. The number of ether oxygens (including phenoxy) is 1. The monoisotopic (exact) mass is 447 g/mol. The van der Waals surface area contributed by atoms with Crippen molar-refractivity contribution < 1.29 is 19.1 Å². The zero-order valence-corrected chi connectivity index (χ0v) is 17.8. The van der Waals surface area contributed by atoms with Gasteiger partial charge in [0, 0.05) is 17.8 Å². The largest absolute Gasteiger partial charge is 0.496 e. The Kier molecular flexibility index (Phi) is 7.02. The minimum atomic E-state index is -0.500. The first-order valence-corrected chi connectivity index (χ1v) is 10.6. The molecule has 3 amide bonds. The Morgan fingerprint density at radius 3 is 2.72 bits per heavy atom. The Balaban J connectivity index is 1.51. The van der Waals surface area contributed by atoms with Gasteiger partial charge in [0.15, 0.2) is 0 Å². The molecule has 1 aromatic heterocycles. The molecule has 29 heavy (non-hydrogen) atoms. The van der Waals surface area contributed by atoms with E-state index in [1.807, 2.05) is 17.5 Å². The van der Waals surface area contributed by atoms with Gasteiger partial charge in [0.05, 0.1) is 17.6 Å². The van der Waals surface area contributed by atoms with E-state index in [-0.39, 0.29) is 18.9 Å². The molecule has 0 aliphatic carbocycles. The molecule has 3 rings (SSSR count). The van der Waals surface area contributed by atoms with Crippen molar-refractivity contribution in [2.24, 2.45) is 0 Å². The molecule has 0 atom stereocenters. The molecule has 0 spiro atoms. The summed E-state index contributed by atoms with van der Waals surface area (Å²) in [6.45, 7) is 0.128. The Morgan fingerprint density at radius 1 is 1.21 bits per heavy atom. The summed E-state index contributed by atoms with van der Waals surface area (Å²) in [5.74, 6) is -0.765. The number of benzene rings is 1. The molecule has 150 valence electrons. The molecule has 10 heteroatoms. The quantitative estimate of drug-likeness (QED) is 0.402. The summed E-state index contributed by atoms with van der Waals surface area (Å²) in [4.78, 5) is 39.7. The molecule has 0 bridgehead atoms. The highest BCUT2D eigenvalue weighted by molar-refractivity contribution is 8.26. The van der Waals surface area contributed by atoms with E-state index in [1.165, 1.54) is 35.1 Å². The number of carbonyl (C=O) groups excluding carboxylic acids is 3. The van der Waals surface area contributed by atoms with E-state index in [4.69, 9.17) is 17.0 Å². The van der Waals surface area contributed by atoms with Gasteiger partial charge in [-0.2, -0.15) is 0 Å². The van der Waals surface area contributed by atoms with E-state index in [9.17, 15) is 14.4 Å². The molecule has 0 saturated carbocycles. The topological polar surface area (TPSA) is 87.7 Å². The van der Waals surface area contributed by atoms with Gasteiger partial charge in [0.25, 0.3) is 11.8 Å². The molecule has 7 nitrogen and oxygen atoms in total. The smallest absolute Gasteiger partial charge is 0.273 e. The van der Waals surface area contributed by atoms with Crippen LogP contribution in [0.1, 0.15) is 21.7 Å². The Morgan fingerprint density at radius 2 is 2.00 bits per heavy atom. The number of rotatable bonds is 6. The SMILES string of the molecule is COc1ccccc1C(=O)NNC(=O)CCN1C(=O)/C(=C/c2cccs2)SC1=S. The average Bonchev–Trinajstić information content (AvgIpc) is 3.33. The first-order valence-electron chi connectivity index (χ1n) is 8.50. The van der Waals surface area contributed by atoms with Crippen LogP contribution in [0.5, 0.6) is 5.75 Å². The van der Waals surface area contributed by atoms with Gasteiger partial charge in [-0.25, -0.2) is 0 Å². The molecule has 2 aromatic rings. The van der Waals surface area contributed by atoms with Gasteiger partial charge < -0.3 is 4.74 Å². The second kappa shape index (κ2) is 9.68. The van der Waals surface area contributed by atoms with E-state index < -0.39 is 11.8 Å². The molecule has 1 aliphatic heterocycles. The Labute approximate surface area is 181 Å². The van der Waals surface area contributed by atoms with E-state index >= 15 is 0 Å². The maximum Gasteiger partial charge on any atom is 0.273 e. The summed E-state index contributed by atoms with van der Waals surface area (Å²) in [5, 5.41) is 1.93. The van der Waals surface area contributed by atoms with Crippen molar-refractivity contribution in [2.45, 2.75) is 6.42 Å². The van der Waals surface area contributed by atoms with Crippen LogP contribution >= 0.6 is 35.3 Å². The van der Waals surface area contributed by atoms with Crippen molar-refractivity contribution in [1.29, 1.82) is 0 Å². The Bertz CT molecular complexity index is 973. The van der Waals surface area contributed by atoms with E-state index in [0.29, 0.717) is 20.5 Å². The number of nitrogens with one attached hydrogen (secondary N) is 2. The Hall–Kier alpha value is -2.69. The van der Waals surface area contributed by atoms with Crippen LogP contribution in [-0.4, -0.2) is 40.6 Å². The summed E-state index contributed by atoms with van der Waals surface area (Å²) in [6, 6.07) is 10.5. The third-order valence-corrected chi connectivity index (χ3v) is 6.12. The van der Waals surface area contributed by atoms with Crippen molar-refractivity contribution >= 4 is 63.4 Å². The van der Waals surface area contributed by atoms with Gasteiger partial charge in [-0.1, -0.05) is 42.2 Å². The van der Waals surface area contributed by atoms with Gasteiger partial charge in [0.2, 0.25) is 5.91 Å². The number of amides is 3. The summed E-state index contributed by atoms with van der Waals surface area (Å²) in [7, 11) is 1.46. The fraction of sp³-hybridized carbons (Fsp3) is 0.158. The lowest BCUT2D eigenvalue weighted by Gasteiger charge is -2.14. The molecule has 1 aromatic carbocycles. The second-order valence-electron chi connectivity index (χ2n) is 5.80. The standard InChI is InChI=1S/C19H17N3O4S3/c1-26-14-7-3-2-6-13(14)17(24)21-20-16(23)8-9-22-18(25)15(29-19(22)27)11-12-5-4-10-28-12/h2-7,10-11H,8-9H2,1H3,(H,20,23)(H,21,24)/b15-11-. The third-order valence-electron chi connectivity index (χ3n) is 3.92. The van der Waals surface area contributed by atoms with Gasteiger partial charge in [-0.05, 0) is 29.7 Å². The van der Waals surface area contributed by atoms with Crippen molar-refractivity contribution in [3.8, 4) is 5.75 Å². The van der Waals surface area contributed by atoms with Gasteiger partial charge in [-0.15, -0.1) is 11.3 Å². The second-order valence-corrected chi connectivity index (χ2v) is 8.46. The van der Waals surface area contributed by atoms with Gasteiger partial charge in [-0.3, -0.25) is 30.1 Å². The lowest BCUT2D eigenvalue weighted by molar-refractivity contribution is -0.124. The maximum absolute atomic E-state index is 12.5. The molecule has 1 aliphatic rings. The first-order chi connectivity index (χ1) is 14.0. The number of thiocarbonyl (C=S) groups is 1. The highest BCUT2D eigenvalue weighted by Gasteiger charge is 2.32. The van der Waals surface area contributed by atoms with Crippen molar-refractivity contribution in [3.05, 3.63) is 57.1 Å². The molecule has 2 heterocycles. The maximum atomic E-state index is 12.5.